The van der Waals surface area contributed by atoms with Gasteiger partial charge in [0, 0.05) is 29.6 Å². The fraction of sp³-hybridized carbons (Fsp3) is 0.333. The third-order valence-corrected chi connectivity index (χ3v) is 3.58. The zero-order valence-electron chi connectivity index (χ0n) is 10.2. The van der Waals surface area contributed by atoms with Crippen molar-refractivity contribution in [3.8, 4) is 0 Å². The summed E-state index contributed by atoms with van der Waals surface area (Å²) in [6, 6.07) is 9.65. The number of nitrogens with zero attached hydrogens (tertiary/aromatic N) is 1. The minimum Gasteiger partial charge on any atom is -0.316 e. The van der Waals surface area contributed by atoms with Gasteiger partial charge < -0.3 is 5.32 Å². The molecule has 3 nitrogen and oxygen atoms in total. The highest BCUT2D eigenvalue weighted by molar-refractivity contribution is 6.08. The zero-order valence-corrected chi connectivity index (χ0v) is 10.2. The van der Waals surface area contributed by atoms with E-state index in [9.17, 15) is 4.79 Å². The van der Waals surface area contributed by atoms with Crippen LogP contribution in [0.5, 0.6) is 0 Å². The van der Waals surface area contributed by atoms with Gasteiger partial charge in [0.05, 0.1) is 5.52 Å². The van der Waals surface area contributed by atoms with Gasteiger partial charge in [0.25, 0.3) is 0 Å². The predicted molar refractivity (Wildman–Crippen MR) is 71.7 cm³/mol. The molecule has 1 aromatic carbocycles. The summed E-state index contributed by atoms with van der Waals surface area (Å²) in [7, 11) is 0. The van der Waals surface area contributed by atoms with Crippen molar-refractivity contribution in [2.24, 2.45) is 5.92 Å². The number of aromatic nitrogens is 1. The average Bonchev–Trinajstić information content (AvgIpc) is 2.47. The Morgan fingerprint density at radius 3 is 3.06 bits per heavy atom. The lowest BCUT2D eigenvalue weighted by Gasteiger charge is -2.22. The molecule has 92 valence electrons. The Morgan fingerprint density at radius 1 is 1.28 bits per heavy atom. The van der Waals surface area contributed by atoms with Gasteiger partial charge in [0.15, 0.2) is 5.78 Å². The number of nitrogens with one attached hydrogen (secondary N) is 1. The van der Waals surface area contributed by atoms with Gasteiger partial charge in [-0.15, -0.1) is 0 Å². The quantitative estimate of drug-likeness (QED) is 0.820. The van der Waals surface area contributed by atoms with E-state index >= 15 is 0 Å². The van der Waals surface area contributed by atoms with Gasteiger partial charge in [-0.2, -0.15) is 0 Å². The third kappa shape index (κ3) is 2.02. The fourth-order valence-corrected chi connectivity index (χ4v) is 2.61. The normalized spacial score (nSPS) is 19.9. The number of Topliss-reactive ketones (excluding diaryl/α,β-unsaturated/α-hetero) is 1. The Balaban J connectivity index is 2.00. The maximum Gasteiger partial charge on any atom is 0.167 e. The van der Waals surface area contributed by atoms with E-state index in [0.717, 1.165) is 42.4 Å². The molecular weight excluding hydrogens is 224 g/mol. The van der Waals surface area contributed by atoms with Crippen LogP contribution in [0.2, 0.25) is 0 Å². The lowest BCUT2D eigenvalue weighted by molar-refractivity contribution is 0.0901. The van der Waals surface area contributed by atoms with E-state index in [-0.39, 0.29) is 11.7 Å². The molecule has 0 aliphatic carbocycles. The SMILES string of the molecule is O=C(c1cccc2ncccc12)C1CCCNC1. The van der Waals surface area contributed by atoms with Crippen LogP contribution in [0.1, 0.15) is 23.2 Å². The van der Waals surface area contributed by atoms with E-state index in [2.05, 4.69) is 10.3 Å². The molecule has 0 saturated carbocycles. The minimum atomic E-state index is 0.115. The number of benzene rings is 1. The maximum atomic E-state index is 12.5. The Morgan fingerprint density at radius 2 is 2.22 bits per heavy atom. The van der Waals surface area contributed by atoms with Crippen molar-refractivity contribution in [2.75, 3.05) is 13.1 Å². The Kier molecular flexibility index (Phi) is 3.07. The van der Waals surface area contributed by atoms with Gasteiger partial charge in [-0.25, -0.2) is 0 Å². The van der Waals surface area contributed by atoms with Crippen molar-refractivity contribution in [3.05, 3.63) is 42.1 Å². The van der Waals surface area contributed by atoms with Crippen molar-refractivity contribution < 1.29 is 4.79 Å². The average molecular weight is 240 g/mol. The monoisotopic (exact) mass is 240 g/mol. The van der Waals surface area contributed by atoms with E-state index in [0.29, 0.717) is 0 Å². The predicted octanol–water partition coefficient (Wildman–Crippen LogP) is 2.42. The van der Waals surface area contributed by atoms with E-state index in [1.54, 1.807) is 6.20 Å². The van der Waals surface area contributed by atoms with Crippen LogP contribution < -0.4 is 5.32 Å². The van der Waals surface area contributed by atoms with Crippen LogP contribution in [0, 0.1) is 5.92 Å². The molecule has 0 amide bonds. The lowest BCUT2D eigenvalue weighted by atomic mass is 9.89. The Bertz CT molecular complexity index is 568. The van der Waals surface area contributed by atoms with Gasteiger partial charge in [0.1, 0.15) is 0 Å². The molecule has 1 aliphatic rings. The van der Waals surface area contributed by atoms with Crippen molar-refractivity contribution in [1.82, 2.24) is 10.3 Å². The van der Waals surface area contributed by atoms with Gasteiger partial charge in [-0.3, -0.25) is 9.78 Å². The number of hydrogen-bond acceptors (Lipinski definition) is 3. The van der Waals surface area contributed by atoms with Crippen LogP contribution in [0.15, 0.2) is 36.5 Å². The first-order chi connectivity index (χ1) is 8.86. The second-order valence-corrected chi connectivity index (χ2v) is 4.78. The smallest absolute Gasteiger partial charge is 0.167 e. The molecule has 0 spiro atoms. The van der Waals surface area contributed by atoms with Crippen molar-refractivity contribution >= 4 is 16.7 Å². The number of carbonyl (C=O) groups excluding carboxylic acids is 1. The molecule has 1 unspecified atom stereocenters. The number of piperidine rings is 1. The standard InChI is InChI=1S/C15H16N2O/c18-15(11-4-2-8-16-10-11)13-5-1-7-14-12(13)6-3-9-17-14/h1,3,5-7,9,11,16H,2,4,8,10H2. The molecular formula is C15H16N2O. The van der Waals surface area contributed by atoms with Crippen molar-refractivity contribution in [1.29, 1.82) is 0 Å². The van der Waals surface area contributed by atoms with Crippen LogP contribution in [0.25, 0.3) is 10.9 Å². The maximum absolute atomic E-state index is 12.5. The number of carbonyl (C=O) groups is 1. The highest BCUT2D eigenvalue weighted by atomic mass is 16.1. The lowest BCUT2D eigenvalue weighted by Crippen LogP contribution is -2.34. The summed E-state index contributed by atoms with van der Waals surface area (Å²) >= 11 is 0. The summed E-state index contributed by atoms with van der Waals surface area (Å²) in [6.45, 7) is 1.83. The molecule has 3 heteroatoms. The summed E-state index contributed by atoms with van der Waals surface area (Å²) in [4.78, 5) is 16.8. The summed E-state index contributed by atoms with van der Waals surface area (Å²) < 4.78 is 0. The highest BCUT2D eigenvalue weighted by Crippen LogP contribution is 2.22. The molecule has 1 atom stereocenters. The first-order valence-corrected chi connectivity index (χ1v) is 6.45. The van der Waals surface area contributed by atoms with E-state index < -0.39 is 0 Å². The second kappa shape index (κ2) is 4.86. The van der Waals surface area contributed by atoms with E-state index in [4.69, 9.17) is 0 Å². The molecule has 1 saturated heterocycles. The van der Waals surface area contributed by atoms with Gasteiger partial charge >= 0.3 is 0 Å². The van der Waals surface area contributed by atoms with Crippen molar-refractivity contribution in [3.63, 3.8) is 0 Å². The Hall–Kier alpha value is -1.74. The van der Waals surface area contributed by atoms with Crippen LogP contribution >= 0.6 is 0 Å². The number of ketones is 1. The number of hydrogen-bond donors (Lipinski definition) is 1. The summed E-state index contributed by atoms with van der Waals surface area (Å²) in [5.41, 5.74) is 1.71. The molecule has 0 bridgehead atoms. The van der Waals surface area contributed by atoms with Gasteiger partial charge in [-0.1, -0.05) is 18.2 Å². The zero-order chi connectivity index (χ0) is 12.4. The van der Waals surface area contributed by atoms with Gasteiger partial charge in [-0.05, 0) is 31.5 Å². The van der Waals surface area contributed by atoms with Crippen LogP contribution in [0.4, 0.5) is 0 Å². The van der Waals surface area contributed by atoms with E-state index in [1.165, 1.54) is 0 Å². The fourth-order valence-electron chi connectivity index (χ4n) is 2.61. The number of rotatable bonds is 2. The second-order valence-electron chi connectivity index (χ2n) is 4.78. The van der Waals surface area contributed by atoms with Crippen LogP contribution in [0.3, 0.4) is 0 Å². The molecule has 1 aliphatic heterocycles. The van der Waals surface area contributed by atoms with E-state index in [1.807, 2.05) is 30.3 Å². The third-order valence-electron chi connectivity index (χ3n) is 3.58. The number of fused-ring (bicyclic) bond motifs is 1. The van der Waals surface area contributed by atoms with Gasteiger partial charge in [0.2, 0.25) is 0 Å². The summed E-state index contributed by atoms with van der Waals surface area (Å²) in [6.07, 6.45) is 3.83. The largest absolute Gasteiger partial charge is 0.316 e. The highest BCUT2D eigenvalue weighted by Gasteiger charge is 2.23. The molecule has 3 rings (SSSR count). The molecule has 1 fully saturated rings. The molecule has 2 heterocycles. The molecule has 2 aromatic rings. The first-order valence-electron chi connectivity index (χ1n) is 6.45. The topological polar surface area (TPSA) is 42.0 Å². The summed E-state index contributed by atoms with van der Waals surface area (Å²) in [5.74, 6) is 0.366. The minimum absolute atomic E-state index is 0.115. The molecule has 18 heavy (non-hydrogen) atoms. The first kappa shape index (κ1) is 11.4. The van der Waals surface area contributed by atoms with Crippen molar-refractivity contribution in [2.45, 2.75) is 12.8 Å². The summed E-state index contributed by atoms with van der Waals surface area (Å²) in [5, 5.41) is 4.27. The van der Waals surface area contributed by atoms with Crippen LogP contribution in [-0.4, -0.2) is 23.9 Å². The number of pyridine rings is 1. The molecule has 0 radical (unpaired) electrons. The molecule has 1 N–H and O–H groups in total. The Labute approximate surface area is 106 Å². The van der Waals surface area contributed by atoms with Crippen LogP contribution in [-0.2, 0) is 0 Å². The molecule has 1 aromatic heterocycles.